The van der Waals surface area contributed by atoms with Crippen molar-refractivity contribution < 1.29 is 13.9 Å². The van der Waals surface area contributed by atoms with E-state index in [2.05, 4.69) is 39.4 Å². The lowest BCUT2D eigenvalue weighted by Gasteiger charge is -2.40. The minimum Gasteiger partial charge on any atom is -0.459 e. The number of likely N-dealkylation sites (N-methyl/N-ethyl adjacent to an activating group) is 1. The highest BCUT2D eigenvalue weighted by molar-refractivity contribution is 5.85. The summed E-state index contributed by atoms with van der Waals surface area (Å²) in [5.41, 5.74) is 5.17. The normalized spacial score (nSPS) is 29.5. The molecule has 0 radical (unpaired) electrons. The van der Waals surface area contributed by atoms with Gasteiger partial charge in [0, 0.05) is 54.3 Å². The van der Waals surface area contributed by atoms with Gasteiger partial charge in [-0.15, -0.1) is 0 Å². The number of ether oxygens (including phenoxy) is 1. The van der Waals surface area contributed by atoms with Gasteiger partial charge in [0.1, 0.15) is 11.4 Å². The largest absolute Gasteiger partial charge is 0.459 e. The van der Waals surface area contributed by atoms with Crippen molar-refractivity contribution >= 4 is 17.5 Å². The Morgan fingerprint density at radius 2 is 2.14 bits per heavy atom. The monoisotopic (exact) mass is 476 g/mol. The molecule has 6 rings (SSSR count). The molecule has 2 unspecified atom stereocenters. The van der Waals surface area contributed by atoms with Gasteiger partial charge in [0.25, 0.3) is 0 Å². The summed E-state index contributed by atoms with van der Waals surface area (Å²) >= 11 is 0. The minimum absolute atomic E-state index is 0.150. The third kappa shape index (κ3) is 3.90. The molecule has 7 heteroatoms. The van der Waals surface area contributed by atoms with E-state index in [1.54, 1.807) is 18.3 Å². The fourth-order valence-electron chi connectivity index (χ4n) is 6.45. The van der Waals surface area contributed by atoms with Crippen molar-refractivity contribution in [3.05, 3.63) is 64.7 Å². The first kappa shape index (κ1) is 22.5. The molecule has 4 aliphatic heterocycles. The minimum atomic E-state index is -0.470. The Morgan fingerprint density at radius 3 is 2.91 bits per heavy atom. The molecule has 1 aliphatic carbocycles. The first-order valence-corrected chi connectivity index (χ1v) is 12.6. The number of halogens is 1. The molecule has 5 aliphatic rings. The van der Waals surface area contributed by atoms with Crippen molar-refractivity contribution in [3.63, 3.8) is 0 Å². The first-order chi connectivity index (χ1) is 16.7. The standard InChI is InChI=1S/C28H33FN4O2/c1-28(2,3)35-24(34)15-33-18-7-8-19(33)11-16(10-18)22-13-23-25-17(14-32(23)4)12-21(29)20-6-5-9-30-26(20)27(25)31-22/h5-6,9-10,12,14,18-19,22-23,31H,7-8,11,13,15H2,1-4H3/t18-,19+,22?,23?/m1/s1. The van der Waals surface area contributed by atoms with Gasteiger partial charge in [-0.25, -0.2) is 4.39 Å². The number of nitrogens with one attached hydrogen (secondary N) is 1. The van der Waals surface area contributed by atoms with Crippen LogP contribution in [0.1, 0.15) is 57.7 Å². The van der Waals surface area contributed by atoms with Crippen LogP contribution >= 0.6 is 0 Å². The lowest BCUT2D eigenvalue weighted by molar-refractivity contribution is -0.156. The highest BCUT2D eigenvalue weighted by Crippen LogP contribution is 2.45. The Morgan fingerprint density at radius 1 is 1.31 bits per heavy atom. The number of nitrogens with zero attached hydrogens (tertiary/aromatic N) is 3. The average Bonchev–Trinajstić information content (AvgIpc) is 3.17. The molecule has 1 saturated heterocycles. The number of hydrogen-bond acceptors (Lipinski definition) is 6. The second kappa shape index (κ2) is 8.05. The van der Waals surface area contributed by atoms with E-state index in [-0.39, 0.29) is 29.9 Å². The second-order valence-corrected chi connectivity index (χ2v) is 11.4. The Labute approximate surface area is 206 Å². The number of esters is 1. The number of rotatable bonds is 3. The van der Waals surface area contributed by atoms with Crippen molar-refractivity contribution in [3.8, 4) is 0 Å². The van der Waals surface area contributed by atoms with Crippen LogP contribution in [0.3, 0.4) is 0 Å². The summed E-state index contributed by atoms with van der Waals surface area (Å²) in [4.78, 5) is 21.7. The summed E-state index contributed by atoms with van der Waals surface area (Å²) in [6.45, 7) is 6.07. The van der Waals surface area contributed by atoms with Gasteiger partial charge in [-0.2, -0.15) is 0 Å². The number of hydrogen-bond donors (Lipinski definition) is 1. The predicted octanol–water partition coefficient (Wildman–Crippen LogP) is 4.18. The molecule has 4 atom stereocenters. The fraction of sp³-hybridized carbons (Fsp3) is 0.500. The molecular weight excluding hydrogens is 443 g/mol. The number of fused-ring (bicyclic) bond motifs is 4. The molecule has 35 heavy (non-hydrogen) atoms. The molecule has 1 N–H and O–H groups in total. The Bertz CT molecular complexity index is 1210. The molecule has 5 heterocycles. The van der Waals surface area contributed by atoms with E-state index in [0.29, 0.717) is 23.8 Å². The summed E-state index contributed by atoms with van der Waals surface area (Å²) in [5.74, 6) is -0.396. The Hall–Kier alpha value is -2.93. The molecule has 184 valence electrons. The van der Waals surface area contributed by atoms with Crippen LogP contribution < -0.4 is 5.32 Å². The lowest BCUT2D eigenvalue weighted by atomic mass is 9.84. The van der Waals surface area contributed by atoms with Gasteiger partial charge >= 0.3 is 5.97 Å². The van der Waals surface area contributed by atoms with Gasteiger partial charge in [0.15, 0.2) is 0 Å². The highest BCUT2D eigenvalue weighted by atomic mass is 19.1. The van der Waals surface area contributed by atoms with Crippen LogP contribution in [-0.4, -0.2) is 64.1 Å². The summed E-state index contributed by atoms with van der Waals surface area (Å²) in [6, 6.07) is 4.53. The van der Waals surface area contributed by atoms with E-state index >= 15 is 4.39 Å². The van der Waals surface area contributed by atoms with Crippen LogP contribution in [0.25, 0.3) is 11.5 Å². The van der Waals surface area contributed by atoms with Gasteiger partial charge in [-0.3, -0.25) is 14.7 Å². The average molecular weight is 477 g/mol. The van der Waals surface area contributed by atoms with Crippen molar-refractivity contribution in [2.24, 2.45) is 0 Å². The molecule has 0 spiro atoms. The number of carbonyl (C=O) groups is 1. The van der Waals surface area contributed by atoms with Crippen LogP contribution in [0.4, 0.5) is 4.39 Å². The predicted molar refractivity (Wildman–Crippen MR) is 133 cm³/mol. The van der Waals surface area contributed by atoms with Gasteiger partial charge in [0.2, 0.25) is 0 Å². The van der Waals surface area contributed by atoms with Crippen molar-refractivity contribution in [1.29, 1.82) is 0 Å². The smallest absolute Gasteiger partial charge is 0.320 e. The molecule has 0 aromatic carbocycles. The maximum atomic E-state index is 15.1. The highest BCUT2D eigenvalue weighted by Gasteiger charge is 2.44. The van der Waals surface area contributed by atoms with E-state index in [4.69, 9.17) is 4.74 Å². The molecular formula is C28H33FN4O2. The second-order valence-electron chi connectivity index (χ2n) is 11.4. The maximum absolute atomic E-state index is 15.1. The number of aromatic nitrogens is 1. The van der Waals surface area contributed by atoms with E-state index in [1.165, 1.54) is 5.57 Å². The lowest BCUT2D eigenvalue weighted by Crippen LogP contribution is -2.48. The molecule has 1 aromatic rings. The van der Waals surface area contributed by atoms with Gasteiger partial charge in [-0.05, 0) is 70.2 Å². The van der Waals surface area contributed by atoms with Crippen LogP contribution in [-0.2, 0) is 9.53 Å². The number of allylic oxidation sites excluding steroid dienone is 1. The summed E-state index contributed by atoms with van der Waals surface area (Å²) in [6.07, 6.45) is 11.8. The molecule has 1 fully saturated rings. The van der Waals surface area contributed by atoms with Crippen LogP contribution in [0.2, 0.25) is 0 Å². The van der Waals surface area contributed by atoms with E-state index in [1.807, 2.05) is 26.8 Å². The summed E-state index contributed by atoms with van der Waals surface area (Å²) in [7, 11) is 2.08. The van der Waals surface area contributed by atoms with Crippen LogP contribution in [0.5, 0.6) is 0 Å². The molecule has 1 aromatic heterocycles. The van der Waals surface area contributed by atoms with Crippen LogP contribution in [0, 0.1) is 0 Å². The van der Waals surface area contributed by atoms with Crippen molar-refractivity contribution in [2.45, 2.75) is 76.2 Å². The van der Waals surface area contributed by atoms with E-state index in [0.717, 1.165) is 42.5 Å². The molecule has 0 amide bonds. The van der Waals surface area contributed by atoms with Gasteiger partial charge < -0.3 is 15.0 Å². The Balaban J connectivity index is 1.28. The van der Waals surface area contributed by atoms with Gasteiger partial charge in [-0.1, -0.05) is 6.08 Å². The van der Waals surface area contributed by atoms with E-state index in [9.17, 15) is 4.79 Å². The van der Waals surface area contributed by atoms with Crippen molar-refractivity contribution in [2.75, 3.05) is 13.6 Å². The van der Waals surface area contributed by atoms with Crippen molar-refractivity contribution in [1.82, 2.24) is 20.1 Å². The van der Waals surface area contributed by atoms with Gasteiger partial charge in [0.05, 0.1) is 24.0 Å². The quantitative estimate of drug-likeness (QED) is 0.522. The fourth-order valence-corrected chi connectivity index (χ4v) is 6.45. The number of carbonyl (C=O) groups excluding carboxylic acids is 1. The molecule has 2 bridgehead atoms. The summed E-state index contributed by atoms with van der Waals surface area (Å²) < 4.78 is 20.7. The molecule has 6 nitrogen and oxygen atoms in total. The zero-order chi connectivity index (χ0) is 24.5. The first-order valence-electron chi connectivity index (χ1n) is 12.6. The zero-order valence-corrected chi connectivity index (χ0v) is 20.8. The molecule has 0 saturated carbocycles. The third-order valence-corrected chi connectivity index (χ3v) is 7.86. The Kier molecular flexibility index (Phi) is 5.18. The maximum Gasteiger partial charge on any atom is 0.320 e. The van der Waals surface area contributed by atoms with E-state index < -0.39 is 5.60 Å². The van der Waals surface area contributed by atoms with Crippen LogP contribution in [0.15, 0.2) is 53.4 Å². The number of pyridine rings is 1. The SMILES string of the molecule is CN1C=C2C=C(F)c3cccnc3C3=C2C1CC(C1=C[C@H]2CC[C@@H](C1)N2CC(=O)OC(C)(C)C)N3. The summed E-state index contributed by atoms with van der Waals surface area (Å²) in [5, 5.41) is 3.79. The third-order valence-electron chi connectivity index (χ3n) is 7.86. The zero-order valence-electron chi connectivity index (χ0n) is 20.8. The topological polar surface area (TPSA) is 57.7 Å².